The van der Waals surface area contributed by atoms with Crippen LogP contribution in [0.15, 0.2) is 6.20 Å². The number of hydrogen-bond donors (Lipinski definition) is 0. The number of aryl methyl sites for hydroxylation is 1. The molecule has 1 amide bonds. The van der Waals surface area contributed by atoms with Crippen molar-refractivity contribution in [2.45, 2.75) is 25.6 Å². The lowest BCUT2D eigenvalue weighted by atomic mass is 10.1. The smallest absolute Gasteiger partial charge is 0.372 e. The van der Waals surface area contributed by atoms with Crippen molar-refractivity contribution in [1.82, 2.24) is 14.7 Å². The Balaban J connectivity index is 2.30. The summed E-state index contributed by atoms with van der Waals surface area (Å²) in [6.45, 7) is 4.41. The van der Waals surface area contributed by atoms with Gasteiger partial charge in [0.05, 0.1) is 17.8 Å². The number of aromatic nitrogens is 2. The fraction of sp³-hybridized carbons (Fsp3) is 0.667. The van der Waals surface area contributed by atoms with Gasteiger partial charge in [-0.25, -0.2) is 0 Å². The number of carbonyl (C=O) groups is 1. The molecule has 1 fully saturated rings. The first-order chi connectivity index (χ1) is 9.10. The van der Waals surface area contributed by atoms with E-state index >= 15 is 0 Å². The standard InChI is InChI=1S/C12H16F3N3O2/c1-11(2)7-18(4-5-20-11)10(19)8-6-17(3)16-9(8)12(13,14)15/h6H,4-5,7H2,1-3H3. The number of carbonyl (C=O) groups excluding carboxylic acids is 1. The van der Waals surface area contributed by atoms with E-state index in [1.807, 2.05) is 0 Å². The van der Waals surface area contributed by atoms with Crippen LogP contribution in [-0.4, -0.2) is 45.9 Å². The molecule has 1 aliphatic heterocycles. The lowest BCUT2D eigenvalue weighted by molar-refractivity contribution is -0.142. The van der Waals surface area contributed by atoms with Crippen molar-refractivity contribution in [2.75, 3.05) is 19.7 Å². The topological polar surface area (TPSA) is 47.4 Å². The molecule has 0 atom stereocenters. The number of ether oxygens (including phenoxy) is 1. The Labute approximate surface area is 114 Å². The van der Waals surface area contributed by atoms with E-state index in [4.69, 9.17) is 4.74 Å². The third kappa shape index (κ3) is 2.95. The highest BCUT2D eigenvalue weighted by molar-refractivity contribution is 5.95. The van der Waals surface area contributed by atoms with Crippen LogP contribution in [0, 0.1) is 0 Å². The van der Waals surface area contributed by atoms with E-state index in [2.05, 4.69) is 5.10 Å². The van der Waals surface area contributed by atoms with Crippen molar-refractivity contribution in [2.24, 2.45) is 7.05 Å². The predicted octanol–water partition coefficient (Wildman–Crippen LogP) is 1.69. The molecule has 5 nitrogen and oxygen atoms in total. The van der Waals surface area contributed by atoms with Crippen molar-refractivity contribution >= 4 is 5.91 Å². The molecule has 20 heavy (non-hydrogen) atoms. The number of alkyl halides is 3. The Kier molecular flexibility index (Phi) is 3.53. The van der Waals surface area contributed by atoms with Crippen LogP contribution >= 0.6 is 0 Å². The Morgan fingerprint density at radius 2 is 2.10 bits per heavy atom. The second kappa shape index (κ2) is 4.76. The zero-order chi connectivity index (χ0) is 15.1. The number of amides is 1. The maximum atomic E-state index is 12.9. The van der Waals surface area contributed by atoms with Gasteiger partial charge in [0.2, 0.25) is 0 Å². The molecule has 1 aromatic rings. The minimum Gasteiger partial charge on any atom is -0.372 e. The molecular weight excluding hydrogens is 275 g/mol. The lowest BCUT2D eigenvalue weighted by Crippen LogP contribution is -2.50. The molecule has 0 aliphatic carbocycles. The molecule has 2 heterocycles. The monoisotopic (exact) mass is 291 g/mol. The van der Waals surface area contributed by atoms with Gasteiger partial charge in [0, 0.05) is 26.3 Å². The van der Waals surface area contributed by atoms with Crippen molar-refractivity contribution in [1.29, 1.82) is 0 Å². The maximum Gasteiger partial charge on any atom is 0.435 e. The summed E-state index contributed by atoms with van der Waals surface area (Å²) in [6, 6.07) is 0. The first kappa shape index (κ1) is 14.8. The van der Waals surface area contributed by atoms with E-state index in [1.54, 1.807) is 13.8 Å². The zero-order valence-corrected chi connectivity index (χ0v) is 11.5. The van der Waals surface area contributed by atoms with Gasteiger partial charge < -0.3 is 9.64 Å². The van der Waals surface area contributed by atoms with Crippen molar-refractivity contribution in [3.63, 3.8) is 0 Å². The van der Waals surface area contributed by atoms with Crippen molar-refractivity contribution in [3.8, 4) is 0 Å². The summed E-state index contributed by atoms with van der Waals surface area (Å²) in [6.07, 6.45) is -3.54. The van der Waals surface area contributed by atoms with Crippen LogP contribution in [-0.2, 0) is 18.0 Å². The summed E-state index contributed by atoms with van der Waals surface area (Å²) >= 11 is 0. The van der Waals surface area contributed by atoms with Crippen LogP contribution in [0.1, 0.15) is 29.9 Å². The summed E-state index contributed by atoms with van der Waals surface area (Å²) in [5.41, 5.74) is -2.12. The number of nitrogens with zero attached hydrogens (tertiary/aromatic N) is 3. The number of halogens is 3. The van der Waals surface area contributed by atoms with Crippen LogP contribution in [0.5, 0.6) is 0 Å². The van der Waals surface area contributed by atoms with Crippen LogP contribution in [0.25, 0.3) is 0 Å². The minimum atomic E-state index is -4.64. The second-order valence-electron chi connectivity index (χ2n) is 5.40. The van der Waals surface area contributed by atoms with Gasteiger partial charge in [-0.05, 0) is 13.8 Å². The molecular formula is C12H16F3N3O2. The molecule has 0 spiro atoms. The van der Waals surface area contributed by atoms with Crippen LogP contribution in [0.2, 0.25) is 0 Å². The van der Waals surface area contributed by atoms with E-state index in [0.717, 1.165) is 10.9 Å². The number of rotatable bonds is 1. The molecule has 2 rings (SSSR count). The largest absolute Gasteiger partial charge is 0.435 e. The highest BCUT2D eigenvalue weighted by Gasteiger charge is 2.41. The van der Waals surface area contributed by atoms with Crippen molar-refractivity contribution < 1.29 is 22.7 Å². The van der Waals surface area contributed by atoms with Crippen molar-refractivity contribution in [3.05, 3.63) is 17.5 Å². The first-order valence-corrected chi connectivity index (χ1v) is 6.14. The summed E-state index contributed by atoms with van der Waals surface area (Å²) in [5, 5.41) is 3.35. The van der Waals surface area contributed by atoms with Crippen LogP contribution in [0.3, 0.4) is 0 Å². The average Bonchev–Trinajstić information content (AvgIpc) is 2.69. The number of hydrogen-bond acceptors (Lipinski definition) is 3. The Hall–Kier alpha value is -1.57. The van der Waals surface area contributed by atoms with Gasteiger partial charge in [0.15, 0.2) is 5.69 Å². The van der Waals surface area contributed by atoms with Gasteiger partial charge in [0.1, 0.15) is 0 Å². The van der Waals surface area contributed by atoms with Gasteiger partial charge in [-0.15, -0.1) is 0 Å². The molecule has 0 N–H and O–H groups in total. The van der Waals surface area contributed by atoms with Crippen LogP contribution < -0.4 is 0 Å². The molecule has 1 aromatic heterocycles. The normalized spacial score (nSPS) is 19.2. The average molecular weight is 291 g/mol. The molecule has 0 radical (unpaired) electrons. The van der Waals surface area contributed by atoms with Crippen LogP contribution in [0.4, 0.5) is 13.2 Å². The SMILES string of the molecule is Cn1cc(C(=O)N2CCOC(C)(C)C2)c(C(F)(F)F)n1. The second-order valence-corrected chi connectivity index (χ2v) is 5.40. The fourth-order valence-corrected chi connectivity index (χ4v) is 2.21. The summed E-state index contributed by atoms with van der Waals surface area (Å²) in [5.74, 6) is -0.665. The minimum absolute atomic E-state index is 0.248. The lowest BCUT2D eigenvalue weighted by Gasteiger charge is -2.38. The third-order valence-corrected chi connectivity index (χ3v) is 3.04. The molecule has 1 saturated heterocycles. The van der Waals surface area contributed by atoms with E-state index in [1.165, 1.54) is 11.9 Å². The van der Waals surface area contributed by atoms with Gasteiger partial charge in [0.25, 0.3) is 5.91 Å². The molecule has 0 saturated carbocycles. The third-order valence-electron chi connectivity index (χ3n) is 3.04. The molecule has 0 bridgehead atoms. The molecule has 1 aliphatic rings. The molecule has 0 unspecified atom stereocenters. The van der Waals surface area contributed by atoms with E-state index in [-0.39, 0.29) is 13.1 Å². The van der Waals surface area contributed by atoms with E-state index in [0.29, 0.717) is 6.61 Å². The molecule has 8 heteroatoms. The fourth-order valence-electron chi connectivity index (χ4n) is 2.21. The van der Waals surface area contributed by atoms with E-state index < -0.39 is 28.9 Å². The molecule has 112 valence electrons. The van der Waals surface area contributed by atoms with Gasteiger partial charge >= 0.3 is 6.18 Å². The zero-order valence-electron chi connectivity index (χ0n) is 11.5. The summed E-state index contributed by atoms with van der Waals surface area (Å²) < 4.78 is 45.1. The summed E-state index contributed by atoms with van der Waals surface area (Å²) in [4.78, 5) is 13.7. The Morgan fingerprint density at radius 3 is 2.65 bits per heavy atom. The van der Waals surface area contributed by atoms with Gasteiger partial charge in [-0.3, -0.25) is 9.48 Å². The first-order valence-electron chi connectivity index (χ1n) is 6.14. The van der Waals surface area contributed by atoms with Gasteiger partial charge in [-0.2, -0.15) is 18.3 Å². The Morgan fingerprint density at radius 1 is 1.45 bits per heavy atom. The highest BCUT2D eigenvalue weighted by atomic mass is 19.4. The quantitative estimate of drug-likeness (QED) is 0.791. The van der Waals surface area contributed by atoms with Gasteiger partial charge in [-0.1, -0.05) is 0 Å². The Bertz CT molecular complexity index is 523. The highest BCUT2D eigenvalue weighted by Crippen LogP contribution is 2.31. The molecule has 0 aromatic carbocycles. The summed E-state index contributed by atoms with van der Waals surface area (Å²) in [7, 11) is 1.36. The predicted molar refractivity (Wildman–Crippen MR) is 64.1 cm³/mol. The number of morpholine rings is 1. The maximum absolute atomic E-state index is 12.9. The van der Waals surface area contributed by atoms with E-state index in [9.17, 15) is 18.0 Å².